The van der Waals surface area contributed by atoms with Crippen molar-refractivity contribution >= 4 is 40.8 Å². The highest BCUT2D eigenvalue weighted by molar-refractivity contribution is 6.36. The monoisotopic (exact) mass is 406 g/mol. The van der Waals surface area contributed by atoms with Crippen molar-refractivity contribution in [3.8, 4) is 0 Å². The first-order chi connectivity index (χ1) is 13.0. The van der Waals surface area contributed by atoms with Crippen molar-refractivity contribution in [2.45, 2.75) is 13.0 Å². The van der Waals surface area contributed by atoms with Crippen LogP contribution in [0.25, 0.3) is 0 Å². The van der Waals surface area contributed by atoms with Crippen LogP contribution in [-0.2, 0) is 9.53 Å². The highest BCUT2D eigenvalue weighted by Gasteiger charge is 2.28. The molecule has 142 valence electrons. The molecule has 0 radical (unpaired) electrons. The Labute approximate surface area is 168 Å². The number of anilines is 1. The largest absolute Gasteiger partial charge is 0.449 e. The van der Waals surface area contributed by atoms with Gasteiger partial charge in [0.2, 0.25) is 0 Å². The first-order valence-electron chi connectivity index (χ1n) is 8.70. The Morgan fingerprint density at radius 3 is 2.30 bits per heavy atom. The van der Waals surface area contributed by atoms with Crippen LogP contribution < -0.4 is 4.90 Å². The predicted molar refractivity (Wildman–Crippen MR) is 107 cm³/mol. The van der Waals surface area contributed by atoms with E-state index in [1.807, 2.05) is 18.2 Å². The van der Waals surface area contributed by atoms with Crippen molar-refractivity contribution in [2.24, 2.45) is 0 Å². The fraction of sp³-hybridized carbons (Fsp3) is 0.300. The predicted octanol–water partition coefficient (Wildman–Crippen LogP) is 3.89. The van der Waals surface area contributed by atoms with E-state index in [2.05, 4.69) is 17.0 Å². The van der Waals surface area contributed by atoms with Crippen LogP contribution in [0.5, 0.6) is 0 Å². The Morgan fingerprint density at radius 1 is 1.00 bits per heavy atom. The van der Waals surface area contributed by atoms with E-state index >= 15 is 0 Å². The lowest BCUT2D eigenvalue weighted by molar-refractivity contribution is -0.140. The number of piperazine rings is 1. The lowest BCUT2D eigenvalue weighted by atomic mass is 10.2. The summed E-state index contributed by atoms with van der Waals surface area (Å²) in [5.74, 6) is -0.846. The average molecular weight is 407 g/mol. The number of amides is 1. The summed E-state index contributed by atoms with van der Waals surface area (Å²) < 4.78 is 5.31. The SMILES string of the molecule is C[C@@H](OC(=O)c1ccc(Cl)cc1Cl)C(=O)N1CCN(c2ccccc2)CC1. The Bertz CT molecular complexity index is 821. The lowest BCUT2D eigenvalue weighted by Crippen LogP contribution is -2.51. The number of hydrogen-bond acceptors (Lipinski definition) is 4. The van der Waals surface area contributed by atoms with Gasteiger partial charge in [-0.25, -0.2) is 4.79 Å². The van der Waals surface area contributed by atoms with Gasteiger partial charge in [-0.3, -0.25) is 4.79 Å². The number of carbonyl (C=O) groups is 2. The lowest BCUT2D eigenvalue weighted by Gasteiger charge is -2.37. The first-order valence-corrected chi connectivity index (χ1v) is 9.46. The first kappa shape index (κ1) is 19.5. The number of esters is 1. The van der Waals surface area contributed by atoms with E-state index in [0.717, 1.165) is 18.8 Å². The van der Waals surface area contributed by atoms with Crippen LogP contribution in [0.1, 0.15) is 17.3 Å². The van der Waals surface area contributed by atoms with Gasteiger partial charge in [0.25, 0.3) is 5.91 Å². The molecule has 2 aromatic rings. The summed E-state index contributed by atoms with van der Waals surface area (Å²) in [5.41, 5.74) is 1.33. The second-order valence-corrected chi connectivity index (χ2v) is 7.16. The second kappa shape index (κ2) is 8.63. The minimum Gasteiger partial charge on any atom is -0.449 e. The second-order valence-electron chi connectivity index (χ2n) is 6.32. The fourth-order valence-corrected chi connectivity index (χ4v) is 3.50. The zero-order valence-electron chi connectivity index (χ0n) is 14.9. The normalized spacial score (nSPS) is 15.4. The van der Waals surface area contributed by atoms with Gasteiger partial charge in [0, 0.05) is 36.9 Å². The van der Waals surface area contributed by atoms with Crippen molar-refractivity contribution in [1.82, 2.24) is 4.90 Å². The van der Waals surface area contributed by atoms with Crippen LogP contribution in [0, 0.1) is 0 Å². The molecule has 5 nitrogen and oxygen atoms in total. The van der Waals surface area contributed by atoms with Crippen LogP contribution >= 0.6 is 23.2 Å². The third-order valence-corrected chi connectivity index (χ3v) is 5.04. The van der Waals surface area contributed by atoms with Gasteiger partial charge in [0.05, 0.1) is 10.6 Å². The van der Waals surface area contributed by atoms with Gasteiger partial charge in [-0.05, 0) is 37.3 Å². The molecular weight excluding hydrogens is 387 g/mol. The molecule has 1 heterocycles. The van der Waals surface area contributed by atoms with Crippen molar-refractivity contribution < 1.29 is 14.3 Å². The number of para-hydroxylation sites is 1. The number of carbonyl (C=O) groups excluding carboxylic acids is 2. The molecule has 1 atom stereocenters. The van der Waals surface area contributed by atoms with Gasteiger partial charge in [-0.15, -0.1) is 0 Å². The number of ether oxygens (including phenoxy) is 1. The zero-order chi connectivity index (χ0) is 19.4. The maximum Gasteiger partial charge on any atom is 0.340 e. The molecular formula is C20H20Cl2N2O3. The van der Waals surface area contributed by atoms with Gasteiger partial charge >= 0.3 is 5.97 Å². The number of benzene rings is 2. The summed E-state index contributed by atoms with van der Waals surface area (Å²) in [6.45, 7) is 4.21. The average Bonchev–Trinajstić information content (AvgIpc) is 2.68. The molecule has 0 unspecified atom stereocenters. The number of rotatable bonds is 4. The maximum atomic E-state index is 12.6. The summed E-state index contributed by atoms with van der Waals surface area (Å²) in [4.78, 5) is 28.9. The van der Waals surface area contributed by atoms with Crippen LogP contribution in [0.15, 0.2) is 48.5 Å². The highest BCUT2D eigenvalue weighted by Crippen LogP contribution is 2.22. The number of nitrogens with zero attached hydrogens (tertiary/aromatic N) is 2. The van der Waals surface area contributed by atoms with Crippen LogP contribution in [0.2, 0.25) is 10.0 Å². The third kappa shape index (κ3) is 4.73. The molecule has 1 aliphatic heterocycles. The smallest absolute Gasteiger partial charge is 0.340 e. The summed E-state index contributed by atoms with van der Waals surface area (Å²) >= 11 is 11.9. The quantitative estimate of drug-likeness (QED) is 0.722. The molecule has 2 aromatic carbocycles. The molecule has 1 aliphatic rings. The van der Waals surface area contributed by atoms with Crippen molar-refractivity contribution in [2.75, 3.05) is 31.1 Å². The van der Waals surface area contributed by atoms with Crippen LogP contribution in [-0.4, -0.2) is 49.1 Å². The minimum atomic E-state index is -0.882. The Morgan fingerprint density at radius 2 is 1.67 bits per heavy atom. The Kier molecular flexibility index (Phi) is 6.24. The van der Waals surface area contributed by atoms with Crippen molar-refractivity contribution in [3.05, 3.63) is 64.1 Å². The topological polar surface area (TPSA) is 49.9 Å². The molecule has 1 saturated heterocycles. The Hall–Kier alpha value is -2.24. The van der Waals surface area contributed by atoms with E-state index in [0.29, 0.717) is 18.1 Å². The van der Waals surface area contributed by atoms with Gasteiger partial charge in [0.15, 0.2) is 6.10 Å². The molecule has 1 fully saturated rings. The van der Waals surface area contributed by atoms with E-state index in [1.54, 1.807) is 17.9 Å². The van der Waals surface area contributed by atoms with Crippen LogP contribution in [0.4, 0.5) is 5.69 Å². The highest BCUT2D eigenvalue weighted by atomic mass is 35.5. The molecule has 7 heteroatoms. The van der Waals surface area contributed by atoms with Crippen LogP contribution in [0.3, 0.4) is 0 Å². The summed E-state index contributed by atoms with van der Waals surface area (Å²) in [6.07, 6.45) is -0.882. The molecule has 0 N–H and O–H groups in total. The molecule has 3 rings (SSSR count). The standard InChI is InChI=1S/C20H20Cl2N2O3/c1-14(27-20(26)17-8-7-15(21)13-18(17)22)19(25)24-11-9-23(10-12-24)16-5-3-2-4-6-16/h2-8,13-14H,9-12H2,1H3/t14-/m1/s1. The third-order valence-electron chi connectivity index (χ3n) is 4.50. The summed E-state index contributed by atoms with van der Waals surface area (Å²) in [7, 11) is 0. The summed E-state index contributed by atoms with van der Waals surface area (Å²) in [5, 5.41) is 0.626. The van der Waals surface area contributed by atoms with E-state index in [-0.39, 0.29) is 16.5 Å². The van der Waals surface area contributed by atoms with E-state index in [4.69, 9.17) is 27.9 Å². The van der Waals surface area contributed by atoms with Gasteiger partial charge in [0.1, 0.15) is 0 Å². The van der Waals surface area contributed by atoms with Gasteiger partial charge in [-0.2, -0.15) is 0 Å². The van der Waals surface area contributed by atoms with E-state index in [9.17, 15) is 9.59 Å². The number of halogens is 2. The van der Waals surface area contributed by atoms with Crippen molar-refractivity contribution in [1.29, 1.82) is 0 Å². The minimum absolute atomic E-state index is 0.189. The van der Waals surface area contributed by atoms with E-state index < -0.39 is 12.1 Å². The van der Waals surface area contributed by atoms with Gasteiger partial charge in [-0.1, -0.05) is 41.4 Å². The molecule has 27 heavy (non-hydrogen) atoms. The maximum absolute atomic E-state index is 12.6. The van der Waals surface area contributed by atoms with Crippen molar-refractivity contribution in [3.63, 3.8) is 0 Å². The Balaban J connectivity index is 1.55. The molecule has 0 bridgehead atoms. The van der Waals surface area contributed by atoms with E-state index in [1.165, 1.54) is 12.1 Å². The molecule has 1 amide bonds. The molecule has 0 aromatic heterocycles. The zero-order valence-corrected chi connectivity index (χ0v) is 16.4. The van der Waals surface area contributed by atoms with Gasteiger partial charge < -0.3 is 14.5 Å². The summed E-state index contributed by atoms with van der Waals surface area (Å²) in [6, 6.07) is 14.6. The molecule has 0 aliphatic carbocycles. The molecule has 0 spiro atoms. The number of hydrogen-bond donors (Lipinski definition) is 0. The molecule has 0 saturated carbocycles. The fourth-order valence-electron chi connectivity index (χ4n) is 3.01.